The molecule has 0 fully saturated rings. The van der Waals surface area contributed by atoms with Gasteiger partial charge in [-0.05, 0) is 0 Å². The van der Waals surface area contributed by atoms with Gasteiger partial charge in [-0.1, -0.05) is 0 Å². The fourth-order valence-corrected chi connectivity index (χ4v) is 1.67. The third-order valence-corrected chi connectivity index (χ3v) is 2.68. The van der Waals surface area contributed by atoms with Crippen LogP contribution in [0.15, 0.2) is 16.4 Å². The molecule has 2 aromatic heterocycles. The van der Waals surface area contributed by atoms with E-state index in [0.29, 0.717) is 35.0 Å². The zero-order valence-electron chi connectivity index (χ0n) is 11.8. The molecular formula is C11H15N9O. The topological polar surface area (TPSA) is 135 Å². The van der Waals surface area contributed by atoms with Gasteiger partial charge in [0, 0.05) is 21.1 Å². The number of hydrogen-bond donors (Lipinski definition) is 3. The first-order chi connectivity index (χ1) is 10.1. The molecule has 0 radical (unpaired) electrons. The molecule has 0 aromatic carbocycles. The molecule has 4 N–H and O–H groups in total. The largest absolute Gasteiger partial charge is 0.371 e. The number of azo groups is 1. The van der Waals surface area contributed by atoms with E-state index in [9.17, 15) is 4.79 Å². The van der Waals surface area contributed by atoms with Gasteiger partial charge in [0.15, 0.2) is 29.4 Å². The lowest BCUT2D eigenvalue weighted by Gasteiger charge is -2.08. The van der Waals surface area contributed by atoms with Crippen molar-refractivity contribution < 1.29 is 4.79 Å². The summed E-state index contributed by atoms with van der Waals surface area (Å²) in [6.07, 6.45) is 2.08. The number of carbonyl (C=O) groups excluding carboxylic acids is 1. The first-order valence-electron chi connectivity index (χ1n) is 6.02. The third kappa shape index (κ3) is 2.78. The van der Waals surface area contributed by atoms with Crippen LogP contribution in [0.2, 0.25) is 0 Å². The summed E-state index contributed by atoms with van der Waals surface area (Å²) in [4.78, 5) is 19.0. The van der Waals surface area contributed by atoms with Crippen LogP contribution < -0.4 is 16.4 Å². The molecule has 0 aliphatic carbocycles. The highest BCUT2D eigenvalue weighted by Crippen LogP contribution is 2.32. The second kappa shape index (κ2) is 5.94. The van der Waals surface area contributed by atoms with Gasteiger partial charge in [-0.25, -0.2) is 4.68 Å². The summed E-state index contributed by atoms with van der Waals surface area (Å²) in [6.45, 7) is 0. The molecule has 0 saturated carbocycles. The maximum atomic E-state index is 10.9. The molecule has 0 bridgehead atoms. The second-order valence-corrected chi connectivity index (χ2v) is 3.99. The SMILES string of the molecule is CNc1nc(N)nc(NC)c1N=Nc1c(C=O)cnn1C. The van der Waals surface area contributed by atoms with Crippen LogP contribution >= 0.6 is 0 Å². The lowest BCUT2D eigenvalue weighted by atomic mass is 10.4. The van der Waals surface area contributed by atoms with E-state index < -0.39 is 0 Å². The molecule has 0 amide bonds. The summed E-state index contributed by atoms with van der Waals surface area (Å²) in [5.74, 6) is 1.29. The van der Waals surface area contributed by atoms with Crippen molar-refractivity contribution in [2.24, 2.45) is 17.3 Å². The first-order valence-corrected chi connectivity index (χ1v) is 6.02. The Morgan fingerprint density at radius 2 is 1.86 bits per heavy atom. The number of anilines is 3. The van der Waals surface area contributed by atoms with E-state index in [2.05, 4.69) is 35.9 Å². The Morgan fingerprint density at radius 1 is 1.24 bits per heavy atom. The van der Waals surface area contributed by atoms with Gasteiger partial charge in [0.2, 0.25) is 5.95 Å². The minimum Gasteiger partial charge on any atom is -0.371 e. The lowest BCUT2D eigenvalue weighted by molar-refractivity contribution is 0.112. The molecule has 2 rings (SSSR count). The van der Waals surface area contributed by atoms with Gasteiger partial charge in [0.05, 0.1) is 11.8 Å². The van der Waals surface area contributed by atoms with E-state index >= 15 is 0 Å². The number of nitrogens with two attached hydrogens (primary N) is 1. The second-order valence-electron chi connectivity index (χ2n) is 3.99. The number of aldehydes is 1. The van der Waals surface area contributed by atoms with E-state index in [1.807, 2.05) is 0 Å². The predicted octanol–water partition coefficient (Wildman–Crippen LogP) is 1.10. The van der Waals surface area contributed by atoms with Crippen LogP contribution in [0.1, 0.15) is 10.4 Å². The number of nitrogens with one attached hydrogen (secondary N) is 2. The van der Waals surface area contributed by atoms with Crippen molar-refractivity contribution in [3.8, 4) is 0 Å². The summed E-state index contributed by atoms with van der Waals surface area (Å²) in [5, 5.41) is 17.8. The van der Waals surface area contributed by atoms with Crippen LogP contribution in [0, 0.1) is 0 Å². The number of aryl methyl sites for hydroxylation is 1. The number of rotatable bonds is 5. The average Bonchev–Trinajstić information content (AvgIpc) is 2.85. The van der Waals surface area contributed by atoms with Gasteiger partial charge in [0.25, 0.3) is 0 Å². The zero-order chi connectivity index (χ0) is 15.4. The molecule has 10 heteroatoms. The molecule has 0 spiro atoms. The minimum absolute atomic E-state index is 0.108. The Hall–Kier alpha value is -3.04. The normalized spacial score (nSPS) is 10.8. The van der Waals surface area contributed by atoms with Crippen molar-refractivity contribution in [2.45, 2.75) is 0 Å². The van der Waals surface area contributed by atoms with Crippen LogP contribution in [-0.2, 0) is 7.05 Å². The molecule has 2 heterocycles. The molecular weight excluding hydrogens is 274 g/mol. The molecule has 0 unspecified atom stereocenters. The van der Waals surface area contributed by atoms with Crippen molar-refractivity contribution >= 4 is 35.4 Å². The van der Waals surface area contributed by atoms with Crippen molar-refractivity contribution in [3.05, 3.63) is 11.8 Å². The highest BCUT2D eigenvalue weighted by atomic mass is 16.1. The van der Waals surface area contributed by atoms with Crippen LogP contribution in [0.4, 0.5) is 29.1 Å². The molecule has 2 aromatic rings. The van der Waals surface area contributed by atoms with Gasteiger partial charge in [-0.3, -0.25) is 4.79 Å². The highest BCUT2D eigenvalue weighted by Gasteiger charge is 2.13. The molecule has 0 saturated heterocycles. The first kappa shape index (κ1) is 14.4. The van der Waals surface area contributed by atoms with E-state index in [1.54, 1.807) is 21.1 Å². The Kier molecular flexibility index (Phi) is 4.07. The fraction of sp³-hybridized carbons (Fsp3) is 0.273. The third-order valence-electron chi connectivity index (χ3n) is 2.68. The lowest BCUT2D eigenvalue weighted by Crippen LogP contribution is -2.04. The highest BCUT2D eigenvalue weighted by molar-refractivity contribution is 5.81. The standard InChI is InChI=1S/C11H15N9O/c1-13-8-7(9(14-2)17-11(12)16-8)18-19-10-6(5-21)4-15-20(10)3/h4-5H,1-3H3,(H4,12,13,14,16,17). The zero-order valence-corrected chi connectivity index (χ0v) is 11.8. The van der Waals surface area contributed by atoms with Gasteiger partial charge in [-0.15, -0.1) is 10.2 Å². The Labute approximate surface area is 120 Å². The maximum absolute atomic E-state index is 10.9. The number of aromatic nitrogens is 4. The molecule has 10 nitrogen and oxygen atoms in total. The molecule has 0 aliphatic rings. The van der Waals surface area contributed by atoms with Gasteiger partial charge in [0.1, 0.15) is 0 Å². The van der Waals surface area contributed by atoms with Gasteiger partial charge >= 0.3 is 0 Å². The Bertz CT molecular complexity index is 666. The van der Waals surface area contributed by atoms with Crippen LogP contribution in [-0.4, -0.2) is 40.1 Å². The quantitative estimate of drug-likeness (QED) is 0.554. The van der Waals surface area contributed by atoms with Crippen LogP contribution in [0.5, 0.6) is 0 Å². The monoisotopic (exact) mass is 289 g/mol. The number of carbonyl (C=O) groups is 1. The van der Waals surface area contributed by atoms with Crippen molar-refractivity contribution in [1.29, 1.82) is 0 Å². The average molecular weight is 289 g/mol. The van der Waals surface area contributed by atoms with Gasteiger partial charge in [-0.2, -0.15) is 15.1 Å². The molecule has 0 aliphatic heterocycles. The van der Waals surface area contributed by atoms with Crippen molar-refractivity contribution in [1.82, 2.24) is 19.7 Å². The Balaban J connectivity index is 2.49. The van der Waals surface area contributed by atoms with E-state index in [0.717, 1.165) is 0 Å². The summed E-state index contributed by atoms with van der Waals surface area (Å²) >= 11 is 0. The Morgan fingerprint density at radius 3 is 2.38 bits per heavy atom. The molecule has 21 heavy (non-hydrogen) atoms. The summed E-state index contributed by atoms with van der Waals surface area (Å²) in [6, 6.07) is 0. The number of nitrogens with zero attached hydrogens (tertiary/aromatic N) is 6. The maximum Gasteiger partial charge on any atom is 0.224 e. The van der Waals surface area contributed by atoms with Crippen molar-refractivity contribution in [3.63, 3.8) is 0 Å². The van der Waals surface area contributed by atoms with E-state index in [1.165, 1.54) is 10.9 Å². The summed E-state index contributed by atoms with van der Waals surface area (Å²) < 4.78 is 1.45. The smallest absolute Gasteiger partial charge is 0.224 e. The number of hydrogen-bond acceptors (Lipinski definition) is 9. The summed E-state index contributed by atoms with van der Waals surface area (Å²) in [7, 11) is 5.03. The minimum atomic E-state index is 0.108. The van der Waals surface area contributed by atoms with Crippen LogP contribution in [0.3, 0.4) is 0 Å². The summed E-state index contributed by atoms with van der Waals surface area (Å²) in [5.41, 5.74) is 6.33. The van der Waals surface area contributed by atoms with Gasteiger partial charge < -0.3 is 16.4 Å². The predicted molar refractivity (Wildman–Crippen MR) is 78.3 cm³/mol. The fourth-order valence-electron chi connectivity index (χ4n) is 1.67. The molecule has 110 valence electrons. The molecule has 0 atom stereocenters. The van der Waals surface area contributed by atoms with E-state index in [-0.39, 0.29) is 5.95 Å². The van der Waals surface area contributed by atoms with Crippen molar-refractivity contribution in [2.75, 3.05) is 30.5 Å². The van der Waals surface area contributed by atoms with E-state index in [4.69, 9.17) is 5.73 Å². The number of nitrogen functional groups attached to an aromatic ring is 1. The van der Waals surface area contributed by atoms with Crippen LogP contribution in [0.25, 0.3) is 0 Å².